The lowest BCUT2D eigenvalue weighted by atomic mass is 10.1. The highest BCUT2D eigenvalue weighted by Gasteiger charge is 2.25. The molecule has 2 heterocycles. The van der Waals surface area contributed by atoms with Gasteiger partial charge in [0.15, 0.2) is 5.13 Å². The zero-order chi connectivity index (χ0) is 19.7. The van der Waals surface area contributed by atoms with E-state index in [1.165, 1.54) is 11.3 Å². The van der Waals surface area contributed by atoms with Gasteiger partial charge in [-0.15, -0.1) is 0 Å². The molecular weight excluding hydrogens is 372 g/mol. The number of nitrogens with zero attached hydrogens (tertiary/aromatic N) is 2. The van der Waals surface area contributed by atoms with Crippen LogP contribution in [0.15, 0.2) is 59.2 Å². The van der Waals surface area contributed by atoms with Crippen LogP contribution in [-0.2, 0) is 6.54 Å². The van der Waals surface area contributed by atoms with Crippen LogP contribution >= 0.6 is 11.3 Å². The SMILES string of the molecule is COc1ccccc1C(=O)N(Cc1ccco1)c1nc2cc(C)cc(C)c2s1. The highest BCUT2D eigenvalue weighted by Crippen LogP contribution is 2.34. The van der Waals surface area contributed by atoms with Crippen molar-refractivity contribution in [3.63, 3.8) is 0 Å². The lowest BCUT2D eigenvalue weighted by molar-refractivity contribution is 0.0980. The van der Waals surface area contributed by atoms with Crippen molar-refractivity contribution in [3.8, 4) is 5.75 Å². The Morgan fingerprint density at radius 3 is 2.75 bits per heavy atom. The van der Waals surface area contributed by atoms with E-state index in [9.17, 15) is 4.79 Å². The minimum Gasteiger partial charge on any atom is -0.496 e. The van der Waals surface area contributed by atoms with Crippen molar-refractivity contribution >= 4 is 32.6 Å². The molecule has 0 saturated heterocycles. The number of benzene rings is 2. The molecule has 4 aromatic rings. The molecule has 0 spiro atoms. The molecule has 0 fully saturated rings. The predicted molar refractivity (Wildman–Crippen MR) is 111 cm³/mol. The van der Waals surface area contributed by atoms with Gasteiger partial charge in [0, 0.05) is 0 Å². The predicted octanol–water partition coefficient (Wildman–Crippen LogP) is 5.36. The Bertz CT molecular complexity index is 1130. The third-order valence-corrected chi connectivity index (χ3v) is 5.75. The first kappa shape index (κ1) is 18.3. The molecule has 0 atom stereocenters. The number of methoxy groups -OCH3 is 1. The number of fused-ring (bicyclic) bond motifs is 1. The summed E-state index contributed by atoms with van der Waals surface area (Å²) >= 11 is 1.51. The van der Waals surface area contributed by atoms with Crippen molar-refractivity contribution < 1.29 is 13.9 Å². The topological polar surface area (TPSA) is 55.6 Å². The van der Waals surface area contributed by atoms with Gasteiger partial charge in [-0.05, 0) is 55.3 Å². The fourth-order valence-corrected chi connectivity index (χ4v) is 4.25. The Morgan fingerprint density at radius 1 is 1.18 bits per heavy atom. The number of aryl methyl sites for hydroxylation is 2. The Morgan fingerprint density at radius 2 is 2.00 bits per heavy atom. The van der Waals surface area contributed by atoms with Gasteiger partial charge in [0.1, 0.15) is 11.5 Å². The van der Waals surface area contributed by atoms with Crippen LogP contribution in [0.1, 0.15) is 27.2 Å². The summed E-state index contributed by atoms with van der Waals surface area (Å²) in [5.74, 6) is 1.04. The first-order valence-electron chi connectivity index (χ1n) is 8.92. The van der Waals surface area contributed by atoms with Gasteiger partial charge in [-0.1, -0.05) is 29.5 Å². The highest BCUT2D eigenvalue weighted by molar-refractivity contribution is 7.22. The van der Waals surface area contributed by atoms with Crippen LogP contribution in [0.4, 0.5) is 5.13 Å². The molecule has 0 radical (unpaired) electrons. The van der Waals surface area contributed by atoms with Crippen LogP contribution < -0.4 is 9.64 Å². The zero-order valence-corrected chi connectivity index (χ0v) is 16.7. The fourth-order valence-electron chi connectivity index (χ4n) is 3.23. The van der Waals surface area contributed by atoms with Crippen LogP contribution in [0.25, 0.3) is 10.2 Å². The summed E-state index contributed by atoms with van der Waals surface area (Å²) in [5.41, 5.74) is 3.69. The summed E-state index contributed by atoms with van der Waals surface area (Å²) in [5, 5.41) is 0.635. The van der Waals surface area contributed by atoms with Crippen molar-refractivity contribution in [1.29, 1.82) is 0 Å². The van der Waals surface area contributed by atoms with Crippen molar-refractivity contribution in [3.05, 3.63) is 77.2 Å². The van der Waals surface area contributed by atoms with Gasteiger partial charge in [-0.3, -0.25) is 9.69 Å². The van der Waals surface area contributed by atoms with E-state index in [0.717, 1.165) is 21.3 Å². The number of thiazole rings is 1. The number of aromatic nitrogens is 1. The van der Waals surface area contributed by atoms with Crippen molar-refractivity contribution in [1.82, 2.24) is 4.98 Å². The number of hydrogen-bond acceptors (Lipinski definition) is 5. The third kappa shape index (κ3) is 3.39. The summed E-state index contributed by atoms with van der Waals surface area (Å²) in [7, 11) is 1.56. The molecule has 0 aliphatic rings. The molecule has 142 valence electrons. The maximum atomic E-state index is 13.5. The van der Waals surface area contributed by atoms with Gasteiger partial charge in [-0.25, -0.2) is 4.98 Å². The lowest BCUT2D eigenvalue weighted by Gasteiger charge is -2.20. The van der Waals surface area contributed by atoms with Crippen LogP contribution in [-0.4, -0.2) is 18.0 Å². The quantitative estimate of drug-likeness (QED) is 0.459. The second kappa shape index (κ2) is 7.48. The number of furan rings is 1. The average Bonchev–Trinajstić information content (AvgIpc) is 3.35. The molecule has 0 aliphatic carbocycles. The molecular formula is C22H20N2O3S. The van der Waals surface area contributed by atoms with E-state index in [1.807, 2.05) is 37.3 Å². The third-order valence-electron chi connectivity index (χ3n) is 4.52. The smallest absolute Gasteiger partial charge is 0.264 e. The van der Waals surface area contributed by atoms with Gasteiger partial charge in [-0.2, -0.15) is 0 Å². The van der Waals surface area contributed by atoms with Gasteiger partial charge < -0.3 is 9.15 Å². The number of anilines is 1. The van der Waals surface area contributed by atoms with Crippen molar-refractivity contribution in [2.45, 2.75) is 20.4 Å². The molecule has 28 heavy (non-hydrogen) atoms. The standard InChI is InChI=1S/C22H20N2O3S/c1-14-11-15(2)20-18(12-14)23-22(28-20)24(13-16-7-6-10-27-16)21(25)17-8-4-5-9-19(17)26-3/h4-12H,13H2,1-3H3. The number of carbonyl (C=O) groups excluding carboxylic acids is 1. The first-order chi connectivity index (χ1) is 13.6. The zero-order valence-electron chi connectivity index (χ0n) is 15.9. The average molecular weight is 392 g/mol. The van der Waals surface area contributed by atoms with E-state index in [2.05, 4.69) is 13.0 Å². The number of amides is 1. The van der Waals surface area contributed by atoms with Crippen LogP contribution in [0, 0.1) is 13.8 Å². The molecule has 0 bridgehead atoms. The highest BCUT2D eigenvalue weighted by atomic mass is 32.1. The maximum absolute atomic E-state index is 13.5. The van der Waals surface area contributed by atoms with Crippen LogP contribution in [0.3, 0.4) is 0 Å². The molecule has 4 rings (SSSR count). The van der Waals surface area contributed by atoms with Gasteiger partial charge in [0.2, 0.25) is 0 Å². The van der Waals surface area contributed by atoms with E-state index >= 15 is 0 Å². The molecule has 0 aliphatic heterocycles. The Kier molecular flexibility index (Phi) is 4.88. The van der Waals surface area contributed by atoms with Gasteiger partial charge >= 0.3 is 0 Å². The van der Waals surface area contributed by atoms with Crippen molar-refractivity contribution in [2.24, 2.45) is 0 Å². The van der Waals surface area contributed by atoms with E-state index in [-0.39, 0.29) is 5.91 Å². The summed E-state index contributed by atoms with van der Waals surface area (Å²) in [6, 6.07) is 15.1. The Labute approximate surface area is 167 Å². The minimum atomic E-state index is -0.178. The minimum absolute atomic E-state index is 0.178. The molecule has 1 amide bonds. The maximum Gasteiger partial charge on any atom is 0.264 e. The Hall–Kier alpha value is -3.12. The van der Waals surface area contributed by atoms with E-state index < -0.39 is 0 Å². The van der Waals surface area contributed by atoms with E-state index in [0.29, 0.717) is 28.7 Å². The second-order valence-corrected chi connectivity index (χ2v) is 7.57. The van der Waals surface area contributed by atoms with E-state index in [1.54, 1.807) is 30.4 Å². The number of hydrogen-bond donors (Lipinski definition) is 0. The molecule has 0 unspecified atom stereocenters. The fraction of sp³-hybridized carbons (Fsp3) is 0.182. The second-order valence-electron chi connectivity index (χ2n) is 6.60. The number of carbonyl (C=O) groups is 1. The van der Waals surface area contributed by atoms with E-state index in [4.69, 9.17) is 14.1 Å². The lowest BCUT2D eigenvalue weighted by Crippen LogP contribution is -2.30. The van der Waals surface area contributed by atoms with Crippen LogP contribution in [0.2, 0.25) is 0 Å². The molecule has 2 aromatic heterocycles. The molecule has 0 N–H and O–H groups in total. The number of ether oxygens (including phenoxy) is 1. The summed E-state index contributed by atoms with van der Waals surface area (Å²) < 4.78 is 12.0. The monoisotopic (exact) mass is 392 g/mol. The van der Waals surface area contributed by atoms with Crippen molar-refractivity contribution in [2.75, 3.05) is 12.0 Å². The summed E-state index contributed by atoms with van der Waals surface area (Å²) in [6.45, 7) is 4.41. The first-order valence-corrected chi connectivity index (χ1v) is 9.73. The largest absolute Gasteiger partial charge is 0.496 e. The van der Waals surface area contributed by atoms with Gasteiger partial charge in [0.05, 0.1) is 35.7 Å². The Balaban J connectivity index is 1.82. The molecule has 0 saturated carbocycles. The number of rotatable bonds is 5. The summed E-state index contributed by atoms with van der Waals surface area (Å²) in [6.07, 6.45) is 1.60. The van der Waals surface area contributed by atoms with Gasteiger partial charge in [0.25, 0.3) is 5.91 Å². The van der Waals surface area contributed by atoms with Crippen LogP contribution in [0.5, 0.6) is 5.75 Å². The molecule has 2 aromatic carbocycles. The summed E-state index contributed by atoms with van der Waals surface area (Å²) in [4.78, 5) is 19.9. The molecule has 6 heteroatoms. The molecule has 5 nitrogen and oxygen atoms in total. The normalized spacial score (nSPS) is 11.0. The number of para-hydroxylation sites is 1.